The summed E-state index contributed by atoms with van der Waals surface area (Å²) in [6, 6.07) is 13.9. The molecule has 164 valence electrons. The molecule has 0 aliphatic rings. The Morgan fingerprint density at radius 1 is 0.733 bits per heavy atom. The molecule has 30 heavy (non-hydrogen) atoms. The van der Waals surface area contributed by atoms with Gasteiger partial charge in [0.15, 0.2) is 0 Å². The number of rotatable bonds is 15. The van der Waals surface area contributed by atoms with Gasteiger partial charge in [-0.05, 0) is 49.1 Å². The van der Waals surface area contributed by atoms with Crippen LogP contribution in [0.4, 0.5) is 11.4 Å². The lowest BCUT2D eigenvalue weighted by atomic mass is 10.1. The number of ether oxygens (including phenoxy) is 1. The number of hydrogen-bond donors (Lipinski definition) is 0. The Labute approximate surface area is 187 Å². The Hall–Kier alpha value is -1.87. The van der Waals surface area contributed by atoms with E-state index in [9.17, 15) is 0 Å². The van der Waals surface area contributed by atoms with Crippen LogP contribution in [0.25, 0.3) is 0 Å². The van der Waals surface area contributed by atoms with Gasteiger partial charge in [-0.2, -0.15) is 5.11 Å². The first kappa shape index (κ1) is 24.4. The molecule has 3 nitrogen and oxygen atoms in total. The van der Waals surface area contributed by atoms with Crippen molar-refractivity contribution in [1.82, 2.24) is 0 Å². The molecule has 0 radical (unpaired) electrons. The van der Waals surface area contributed by atoms with Gasteiger partial charge in [0, 0.05) is 6.07 Å². The average molecular weight is 429 g/mol. The minimum absolute atomic E-state index is 0.562. The first-order valence-electron chi connectivity index (χ1n) is 11.7. The molecule has 0 fully saturated rings. The molecule has 0 aromatic heterocycles. The summed E-state index contributed by atoms with van der Waals surface area (Å²) in [7, 11) is 0. The number of unbranched alkanes of at least 4 members (excludes halogenated alkanes) is 8. The number of aryl methyl sites for hydroxylation is 1. The maximum Gasteiger partial charge on any atom is 0.120 e. The van der Waals surface area contributed by atoms with Crippen molar-refractivity contribution in [1.29, 1.82) is 0 Å². The minimum Gasteiger partial charge on any atom is -0.494 e. The maximum atomic E-state index is 6.37. The highest BCUT2D eigenvalue weighted by atomic mass is 35.5. The lowest BCUT2D eigenvalue weighted by Crippen LogP contribution is -1.97. The van der Waals surface area contributed by atoms with Crippen LogP contribution in [0.2, 0.25) is 5.02 Å². The van der Waals surface area contributed by atoms with Crippen molar-refractivity contribution in [2.45, 2.75) is 84.5 Å². The van der Waals surface area contributed by atoms with Crippen LogP contribution < -0.4 is 4.74 Å². The summed E-state index contributed by atoms with van der Waals surface area (Å²) in [5.74, 6) is 0.794. The predicted octanol–water partition coefficient (Wildman–Crippen LogP) is 9.62. The van der Waals surface area contributed by atoms with Gasteiger partial charge >= 0.3 is 0 Å². The third-order valence-corrected chi connectivity index (χ3v) is 5.52. The zero-order valence-corrected chi connectivity index (χ0v) is 19.5. The fraction of sp³-hybridized carbons (Fsp3) is 0.538. The second kappa shape index (κ2) is 15.0. The van der Waals surface area contributed by atoms with Gasteiger partial charge in [-0.1, -0.05) is 88.9 Å². The zero-order valence-electron chi connectivity index (χ0n) is 18.7. The van der Waals surface area contributed by atoms with Crippen molar-refractivity contribution >= 4 is 23.0 Å². The molecule has 0 bridgehead atoms. The van der Waals surface area contributed by atoms with Crippen molar-refractivity contribution in [2.75, 3.05) is 6.61 Å². The van der Waals surface area contributed by atoms with Gasteiger partial charge < -0.3 is 4.74 Å². The van der Waals surface area contributed by atoms with Gasteiger partial charge in [0.05, 0.1) is 17.3 Å². The highest BCUT2D eigenvalue weighted by molar-refractivity contribution is 6.33. The summed E-state index contributed by atoms with van der Waals surface area (Å²) < 4.78 is 5.84. The summed E-state index contributed by atoms with van der Waals surface area (Å²) in [6.45, 7) is 5.20. The van der Waals surface area contributed by atoms with Crippen LogP contribution in [0.3, 0.4) is 0 Å². The second-order valence-corrected chi connectivity index (χ2v) is 8.31. The van der Waals surface area contributed by atoms with Crippen LogP contribution in [0, 0.1) is 0 Å². The van der Waals surface area contributed by atoms with Crippen molar-refractivity contribution < 1.29 is 4.74 Å². The summed E-state index contributed by atoms with van der Waals surface area (Å²) in [6.07, 6.45) is 13.9. The topological polar surface area (TPSA) is 34.0 Å². The van der Waals surface area contributed by atoms with E-state index in [1.807, 2.05) is 30.3 Å². The quantitative estimate of drug-likeness (QED) is 0.205. The number of nitrogens with zero attached hydrogens (tertiary/aromatic N) is 2. The largest absolute Gasteiger partial charge is 0.494 e. The van der Waals surface area contributed by atoms with Gasteiger partial charge in [-0.15, -0.1) is 5.11 Å². The van der Waals surface area contributed by atoms with Crippen LogP contribution in [0.5, 0.6) is 5.75 Å². The molecule has 2 aromatic rings. The molecule has 2 aromatic carbocycles. The first-order valence-corrected chi connectivity index (χ1v) is 12.0. The molecule has 0 N–H and O–H groups in total. The highest BCUT2D eigenvalue weighted by Crippen LogP contribution is 2.30. The van der Waals surface area contributed by atoms with Crippen molar-refractivity contribution in [3.8, 4) is 5.75 Å². The number of azo groups is 1. The molecule has 0 atom stereocenters. The van der Waals surface area contributed by atoms with Gasteiger partial charge in [-0.25, -0.2) is 0 Å². The van der Waals surface area contributed by atoms with E-state index in [1.165, 1.54) is 63.4 Å². The molecule has 0 saturated heterocycles. The molecule has 0 heterocycles. The first-order chi connectivity index (χ1) is 14.7. The summed E-state index contributed by atoms with van der Waals surface area (Å²) in [4.78, 5) is 0. The van der Waals surface area contributed by atoms with Gasteiger partial charge in [0.1, 0.15) is 11.4 Å². The molecular weight excluding hydrogens is 392 g/mol. The van der Waals surface area contributed by atoms with Gasteiger partial charge in [-0.3, -0.25) is 0 Å². The van der Waals surface area contributed by atoms with Crippen molar-refractivity contribution in [3.63, 3.8) is 0 Å². The number of halogens is 1. The second-order valence-electron chi connectivity index (χ2n) is 7.91. The molecule has 2 rings (SSSR count). The Kier molecular flexibility index (Phi) is 12.2. The molecular formula is C26H37ClN2O. The molecule has 4 heteroatoms. The van der Waals surface area contributed by atoms with Crippen LogP contribution in [-0.2, 0) is 6.42 Å². The third-order valence-electron chi connectivity index (χ3n) is 5.21. The third kappa shape index (κ3) is 9.75. The summed E-state index contributed by atoms with van der Waals surface area (Å²) in [5, 5.41) is 9.17. The highest BCUT2D eigenvalue weighted by Gasteiger charge is 2.03. The predicted molar refractivity (Wildman–Crippen MR) is 129 cm³/mol. The Balaban J connectivity index is 1.72. The maximum absolute atomic E-state index is 6.37. The lowest BCUT2D eigenvalue weighted by Gasteiger charge is -2.07. The van der Waals surface area contributed by atoms with Crippen LogP contribution in [0.1, 0.15) is 83.6 Å². The van der Waals surface area contributed by atoms with E-state index in [0.29, 0.717) is 10.7 Å². The fourth-order valence-corrected chi connectivity index (χ4v) is 3.51. The van der Waals surface area contributed by atoms with E-state index in [0.717, 1.165) is 30.9 Å². The van der Waals surface area contributed by atoms with E-state index in [-0.39, 0.29) is 0 Å². The molecule has 0 unspecified atom stereocenters. The normalized spacial score (nSPS) is 11.3. The van der Waals surface area contributed by atoms with E-state index in [1.54, 1.807) is 0 Å². The van der Waals surface area contributed by atoms with Crippen LogP contribution in [0.15, 0.2) is 52.7 Å². The lowest BCUT2D eigenvalue weighted by molar-refractivity contribution is 0.304. The molecule has 0 aliphatic heterocycles. The van der Waals surface area contributed by atoms with Crippen LogP contribution >= 0.6 is 11.6 Å². The smallest absolute Gasteiger partial charge is 0.120 e. The number of benzene rings is 2. The van der Waals surface area contributed by atoms with E-state index < -0.39 is 0 Å². The standard InChI is InChI=1S/C26H37ClN2O/c1-3-5-7-8-9-10-11-12-20-30-24-18-19-26(25(27)21-24)29-28-23-16-14-22(15-17-23)13-6-4-2/h14-19,21H,3-13,20H2,1-2H3. The molecule has 0 aliphatic carbocycles. The fourth-order valence-electron chi connectivity index (χ4n) is 3.31. The Morgan fingerprint density at radius 3 is 2.07 bits per heavy atom. The van der Waals surface area contributed by atoms with Crippen molar-refractivity contribution in [3.05, 3.63) is 53.1 Å². The van der Waals surface area contributed by atoms with Crippen molar-refractivity contribution in [2.24, 2.45) is 10.2 Å². The van der Waals surface area contributed by atoms with E-state index >= 15 is 0 Å². The summed E-state index contributed by atoms with van der Waals surface area (Å²) in [5.41, 5.74) is 2.83. The van der Waals surface area contributed by atoms with Gasteiger partial charge in [0.25, 0.3) is 0 Å². The number of hydrogen-bond acceptors (Lipinski definition) is 3. The molecule has 0 amide bonds. The Bertz CT molecular complexity index is 743. The molecule has 0 spiro atoms. The monoisotopic (exact) mass is 428 g/mol. The zero-order chi connectivity index (χ0) is 21.4. The molecule has 0 saturated carbocycles. The minimum atomic E-state index is 0.562. The van der Waals surface area contributed by atoms with Crippen LogP contribution in [-0.4, -0.2) is 6.61 Å². The SMILES string of the molecule is CCCCCCCCCCOc1ccc(N=Nc2ccc(CCCC)cc2)c(Cl)c1. The summed E-state index contributed by atoms with van der Waals surface area (Å²) >= 11 is 6.37. The Morgan fingerprint density at radius 2 is 1.40 bits per heavy atom. The van der Waals surface area contributed by atoms with E-state index in [4.69, 9.17) is 16.3 Å². The van der Waals surface area contributed by atoms with E-state index in [2.05, 4.69) is 36.2 Å². The average Bonchev–Trinajstić information content (AvgIpc) is 2.76. The van der Waals surface area contributed by atoms with Gasteiger partial charge in [0.2, 0.25) is 0 Å².